The van der Waals surface area contributed by atoms with Gasteiger partial charge in [-0.1, -0.05) is 48.0 Å². The third-order valence-electron chi connectivity index (χ3n) is 8.59. The van der Waals surface area contributed by atoms with Gasteiger partial charge >= 0.3 is 12.2 Å². The molecule has 0 atom stereocenters. The van der Waals surface area contributed by atoms with Crippen molar-refractivity contribution in [3.05, 3.63) is 78.2 Å². The number of nitrogens with zero attached hydrogens (tertiary/aromatic N) is 6. The van der Waals surface area contributed by atoms with Crippen molar-refractivity contribution in [2.45, 2.75) is 90.6 Å². The van der Waals surface area contributed by atoms with E-state index in [4.69, 9.17) is 35.3 Å². The SMILES string of the molecule is CC(C)(C)OC(=O)N1CCC(O)CC1.COc1ccccc1-c1cnnc(Cl)c1.COc1ccccc1-c1cnnc(OC2CCN(C(=O)OC(C)(C)C)CC2)c1. The number of carbonyl (C=O) groups excluding carboxylic acids is 2. The number of aliphatic hydroxyl groups is 1. The quantitative estimate of drug-likeness (QED) is 0.200. The van der Waals surface area contributed by atoms with Gasteiger partial charge in [-0.3, -0.25) is 0 Å². The third kappa shape index (κ3) is 14.7. The van der Waals surface area contributed by atoms with E-state index in [0.717, 1.165) is 46.6 Å². The van der Waals surface area contributed by atoms with Crippen LogP contribution in [0.4, 0.5) is 9.59 Å². The lowest BCUT2D eigenvalue weighted by Crippen LogP contribution is -2.44. The van der Waals surface area contributed by atoms with Crippen LogP contribution < -0.4 is 14.2 Å². The van der Waals surface area contributed by atoms with Crippen LogP contribution in [0.25, 0.3) is 22.3 Å². The number of aromatic nitrogens is 4. The molecule has 6 rings (SSSR count). The Kier molecular flexibility index (Phi) is 16.2. The fraction of sp³-hybridized carbons (Fsp3) is 0.476. The average Bonchev–Trinajstić information content (AvgIpc) is 3.17. The molecule has 2 aromatic heterocycles. The number of hydrogen-bond donors (Lipinski definition) is 1. The molecule has 15 heteroatoms. The van der Waals surface area contributed by atoms with E-state index < -0.39 is 11.2 Å². The van der Waals surface area contributed by atoms with Gasteiger partial charge in [0.05, 0.1) is 32.7 Å². The molecule has 308 valence electrons. The van der Waals surface area contributed by atoms with Crippen LogP contribution >= 0.6 is 11.6 Å². The number of rotatable bonds is 6. The summed E-state index contributed by atoms with van der Waals surface area (Å²) in [5, 5.41) is 25.3. The molecular weight excluding hydrogens is 752 g/mol. The van der Waals surface area contributed by atoms with Gasteiger partial charge < -0.3 is 38.6 Å². The van der Waals surface area contributed by atoms with Crippen molar-refractivity contribution in [3.8, 4) is 39.6 Å². The van der Waals surface area contributed by atoms with Gasteiger partial charge in [-0.15, -0.1) is 10.2 Å². The number of methoxy groups -OCH3 is 2. The van der Waals surface area contributed by atoms with Crippen molar-refractivity contribution in [1.29, 1.82) is 0 Å². The molecule has 0 aliphatic carbocycles. The number of hydrogen-bond acceptors (Lipinski definition) is 12. The Morgan fingerprint density at radius 1 is 0.684 bits per heavy atom. The Balaban J connectivity index is 0.000000209. The number of likely N-dealkylation sites (tertiary alicyclic amines) is 2. The van der Waals surface area contributed by atoms with Crippen molar-refractivity contribution in [2.24, 2.45) is 0 Å². The minimum atomic E-state index is -0.487. The lowest BCUT2D eigenvalue weighted by atomic mass is 10.1. The first kappa shape index (κ1) is 44.5. The normalized spacial score (nSPS) is 14.9. The van der Waals surface area contributed by atoms with Crippen LogP contribution in [0.3, 0.4) is 0 Å². The maximum Gasteiger partial charge on any atom is 0.410 e. The van der Waals surface area contributed by atoms with Gasteiger partial charge in [-0.2, -0.15) is 10.2 Å². The van der Waals surface area contributed by atoms with Crippen molar-refractivity contribution in [3.63, 3.8) is 0 Å². The largest absolute Gasteiger partial charge is 0.496 e. The Bertz CT molecular complexity index is 1890. The van der Waals surface area contributed by atoms with Crippen LogP contribution in [0.2, 0.25) is 5.15 Å². The zero-order valence-electron chi connectivity index (χ0n) is 34.1. The molecule has 57 heavy (non-hydrogen) atoms. The Hall–Kier alpha value is -5.21. The molecule has 0 spiro atoms. The van der Waals surface area contributed by atoms with Crippen LogP contribution in [-0.2, 0) is 9.47 Å². The first-order valence-corrected chi connectivity index (χ1v) is 19.3. The number of amides is 2. The monoisotopic (exact) mass is 806 g/mol. The highest BCUT2D eigenvalue weighted by Gasteiger charge is 2.28. The predicted octanol–water partition coefficient (Wildman–Crippen LogP) is 8.11. The van der Waals surface area contributed by atoms with Gasteiger partial charge in [-0.05, 0) is 72.6 Å². The number of benzene rings is 2. The van der Waals surface area contributed by atoms with Gasteiger partial charge in [0.2, 0.25) is 5.88 Å². The summed E-state index contributed by atoms with van der Waals surface area (Å²) in [7, 11) is 3.28. The smallest absolute Gasteiger partial charge is 0.410 e. The summed E-state index contributed by atoms with van der Waals surface area (Å²) in [5.74, 6) is 2.04. The Morgan fingerprint density at radius 2 is 1.12 bits per heavy atom. The maximum absolute atomic E-state index is 12.2. The fourth-order valence-corrected chi connectivity index (χ4v) is 6.00. The van der Waals surface area contributed by atoms with Crippen molar-refractivity contribution in [2.75, 3.05) is 40.4 Å². The summed E-state index contributed by atoms with van der Waals surface area (Å²) in [6, 6.07) is 19.1. The van der Waals surface area contributed by atoms with Gasteiger partial charge in [0, 0.05) is 67.3 Å². The molecule has 2 aliphatic rings. The Morgan fingerprint density at radius 3 is 1.58 bits per heavy atom. The summed E-state index contributed by atoms with van der Waals surface area (Å²) in [6.07, 6.45) is 5.28. The summed E-state index contributed by atoms with van der Waals surface area (Å²) >= 11 is 5.78. The van der Waals surface area contributed by atoms with E-state index in [1.54, 1.807) is 42.5 Å². The van der Waals surface area contributed by atoms with Crippen LogP contribution in [0.1, 0.15) is 67.2 Å². The van der Waals surface area contributed by atoms with Crippen LogP contribution in [0, 0.1) is 0 Å². The molecule has 4 aromatic rings. The van der Waals surface area contributed by atoms with E-state index in [9.17, 15) is 14.7 Å². The summed E-state index contributed by atoms with van der Waals surface area (Å²) in [4.78, 5) is 27.1. The number of ether oxygens (including phenoxy) is 5. The van der Waals surface area contributed by atoms with E-state index in [1.165, 1.54) is 0 Å². The van der Waals surface area contributed by atoms with E-state index >= 15 is 0 Å². The highest BCUT2D eigenvalue weighted by atomic mass is 35.5. The van der Waals surface area contributed by atoms with E-state index in [0.29, 0.717) is 50.1 Å². The van der Waals surface area contributed by atoms with E-state index in [2.05, 4.69) is 20.4 Å². The molecular formula is C42H55ClN6O8. The van der Waals surface area contributed by atoms with Crippen LogP contribution in [0.5, 0.6) is 17.4 Å². The van der Waals surface area contributed by atoms with Crippen molar-refractivity contribution >= 4 is 23.8 Å². The van der Waals surface area contributed by atoms with Crippen LogP contribution in [0.15, 0.2) is 73.1 Å². The number of aliphatic hydroxyl groups excluding tert-OH is 1. The minimum absolute atomic E-state index is 0.0131. The molecule has 4 heterocycles. The van der Waals surface area contributed by atoms with Crippen LogP contribution in [-0.4, -0.2) is 111 Å². The molecule has 2 fully saturated rings. The second-order valence-corrected chi connectivity index (χ2v) is 15.8. The van der Waals surface area contributed by atoms with Gasteiger partial charge in [0.1, 0.15) is 28.8 Å². The molecule has 0 saturated carbocycles. The lowest BCUT2D eigenvalue weighted by Gasteiger charge is -2.33. The highest BCUT2D eigenvalue weighted by molar-refractivity contribution is 6.29. The lowest BCUT2D eigenvalue weighted by molar-refractivity contribution is 0.00952. The van der Waals surface area contributed by atoms with Gasteiger partial charge in [-0.25, -0.2) is 9.59 Å². The molecule has 2 aliphatic heterocycles. The molecule has 14 nitrogen and oxygen atoms in total. The first-order valence-electron chi connectivity index (χ1n) is 18.9. The molecule has 1 N–H and O–H groups in total. The van der Waals surface area contributed by atoms with Crippen molar-refractivity contribution < 1.29 is 38.4 Å². The number of para-hydroxylation sites is 2. The zero-order valence-corrected chi connectivity index (χ0v) is 34.9. The molecule has 2 aromatic carbocycles. The number of piperidine rings is 2. The standard InChI is InChI=1S/C21H27N3O4.C11H9ClN2O.C10H19NO3/c1-21(2,3)28-20(25)24-11-9-16(10-12-24)27-19-13-15(14-22-23-19)17-7-5-6-8-18(17)26-4;1-15-10-5-3-2-4-9(10)8-6-11(12)14-13-7-8;1-10(2,3)14-9(13)11-6-4-8(12)5-7-11/h5-8,13-14,16H,9-12H2,1-4H3;2-7H,1H3;8,12H,4-7H2,1-3H3. The summed E-state index contributed by atoms with van der Waals surface area (Å²) in [6.45, 7) is 13.5. The molecule has 2 amide bonds. The maximum atomic E-state index is 12.2. The van der Waals surface area contributed by atoms with Gasteiger partial charge in [0.25, 0.3) is 0 Å². The summed E-state index contributed by atoms with van der Waals surface area (Å²) in [5.41, 5.74) is 2.74. The Labute approximate surface area is 340 Å². The minimum Gasteiger partial charge on any atom is -0.496 e. The van der Waals surface area contributed by atoms with Crippen molar-refractivity contribution in [1.82, 2.24) is 30.2 Å². The number of halogens is 1. The van der Waals surface area contributed by atoms with E-state index in [1.807, 2.05) is 96.1 Å². The fourth-order valence-electron chi connectivity index (χ4n) is 5.83. The molecule has 2 saturated heterocycles. The highest BCUT2D eigenvalue weighted by Crippen LogP contribution is 2.32. The zero-order chi connectivity index (χ0) is 41.6. The predicted molar refractivity (Wildman–Crippen MR) is 218 cm³/mol. The van der Waals surface area contributed by atoms with Gasteiger partial charge in [0.15, 0.2) is 5.15 Å². The second-order valence-electron chi connectivity index (χ2n) is 15.4. The second kappa shape index (κ2) is 20.8. The summed E-state index contributed by atoms with van der Waals surface area (Å²) < 4.78 is 27.3. The third-order valence-corrected chi connectivity index (χ3v) is 8.77. The molecule has 0 radical (unpaired) electrons. The average molecular weight is 807 g/mol. The van der Waals surface area contributed by atoms with E-state index in [-0.39, 0.29) is 24.4 Å². The first-order chi connectivity index (χ1) is 27.0. The molecule has 0 unspecified atom stereocenters. The topological polar surface area (TPSA) is 159 Å². The number of carbonyl (C=O) groups is 2. The molecule has 0 bridgehead atoms.